The van der Waals surface area contributed by atoms with Crippen molar-refractivity contribution in [3.63, 3.8) is 0 Å². The van der Waals surface area contributed by atoms with E-state index in [4.69, 9.17) is 11.0 Å². The number of phenolic OH excluding ortho intramolecular Hbond substituents is 1. The highest BCUT2D eigenvalue weighted by atomic mass is 19.1. The van der Waals surface area contributed by atoms with E-state index in [0.717, 1.165) is 6.07 Å². The number of methoxy groups -OCH3 is 1. The second-order valence-electron chi connectivity index (χ2n) is 4.66. The third-order valence-electron chi connectivity index (χ3n) is 3.09. The molecule has 1 rings (SSSR count). The first-order chi connectivity index (χ1) is 8.77. The van der Waals surface area contributed by atoms with Crippen molar-refractivity contribution in [3.8, 4) is 11.8 Å². The van der Waals surface area contributed by atoms with Crippen molar-refractivity contribution in [1.82, 2.24) is 0 Å². The van der Waals surface area contributed by atoms with Crippen molar-refractivity contribution in [2.45, 2.75) is 19.9 Å². The molecule has 0 fully saturated rings. The zero-order chi connectivity index (χ0) is 14.8. The minimum Gasteiger partial charge on any atom is -0.505 e. The number of esters is 1. The maximum Gasteiger partial charge on any atom is 0.313 e. The second-order valence-corrected chi connectivity index (χ2v) is 4.66. The van der Waals surface area contributed by atoms with Crippen molar-refractivity contribution in [1.29, 1.82) is 5.26 Å². The molecular formula is C13H15FN2O3. The molecule has 0 saturated carbocycles. The van der Waals surface area contributed by atoms with E-state index < -0.39 is 29.0 Å². The number of carbonyl (C=O) groups is 1. The third kappa shape index (κ3) is 2.51. The number of nitrogens with zero attached hydrogens (tertiary/aromatic N) is 1. The number of hydrogen-bond donors (Lipinski definition) is 2. The molecule has 3 N–H and O–H groups in total. The van der Waals surface area contributed by atoms with Gasteiger partial charge in [0.25, 0.3) is 0 Å². The van der Waals surface area contributed by atoms with Crippen LogP contribution in [-0.4, -0.2) is 18.2 Å². The first-order valence-corrected chi connectivity index (χ1v) is 5.52. The minimum absolute atomic E-state index is 0.0170. The third-order valence-corrected chi connectivity index (χ3v) is 3.09. The number of nitrogens with two attached hydrogens (primary N) is 1. The lowest BCUT2D eigenvalue weighted by atomic mass is 9.79. The molecule has 0 unspecified atom stereocenters. The summed E-state index contributed by atoms with van der Waals surface area (Å²) in [4.78, 5) is 11.7. The molecule has 0 bridgehead atoms. The van der Waals surface area contributed by atoms with Gasteiger partial charge in [-0.15, -0.1) is 0 Å². The van der Waals surface area contributed by atoms with Crippen LogP contribution in [0, 0.1) is 22.6 Å². The fourth-order valence-corrected chi connectivity index (χ4v) is 1.74. The Bertz CT molecular complexity index is 550. The maximum absolute atomic E-state index is 13.4. The molecule has 0 aromatic heterocycles. The standard InChI is InChI=1S/C13H15FN2O3/c1-13(2,12(18)19-3)11(16)9-7(6-15)4-5-8(14)10(9)17/h4-5,11,17H,16H2,1-3H3/t11-/m1/s1. The Balaban J connectivity index is 3.42. The lowest BCUT2D eigenvalue weighted by molar-refractivity contribution is -0.152. The first-order valence-electron chi connectivity index (χ1n) is 5.52. The van der Waals surface area contributed by atoms with E-state index in [1.165, 1.54) is 27.0 Å². The van der Waals surface area contributed by atoms with Crippen molar-refractivity contribution >= 4 is 5.97 Å². The van der Waals surface area contributed by atoms with Gasteiger partial charge in [0.2, 0.25) is 0 Å². The summed E-state index contributed by atoms with van der Waals surface area (Å²) in [5, 5.41) is 18.7. The summed E-state index contributed by atoms with van der Waals surface area (Å²) in [6, 6.07) is 2.91. The van der Waals surface area contributed by atoms with Gasteiger partial charge in [-0.2, -0.15) is 5.26 Å². The van der Waals surface area contributed by atoms with E-state index in [1.807, 2.05) is 6.07 Å². The fourth-order valence-electron chi connectivity index (χ4n) is 1.74. The average Bonchev–Trinajstić information content (AvgIpc) is 2.39. The Kier molecular flexibility index (Phi) is 4.12. The van der Waals surface area contributed by atoms with E-state index in [2.05, 4.69) is 4.74 Å². The lowest BCUT2D eigenvalue weighted by Crippen LogP contribution is -2.38. The van der Waals surface area contributed by atoms with Crippen LogP contribution in [0.5, 0.6) is 5.75 Å². The lowest BCUT2D eigenvalue weighted by Gasteiger charge is -2.29. The predicted octanol–water partition coefficient (Wildman–Crippen LogP) is 1.60. The van der Waals surface area contributed by atoms with Crippen molar-refractivity contribution in [3.05, 3.63) is 29.1 Å². The van der Waals surface area contributed by atoms with Crippen LogP contribution >= 0.6 is 0 Å². The summed E-state index contributed by atoms with van der Waals surface area (Å²) >= 11 is 0. The highest BCUT2D eigenvalue weighted by molar-refractivity contribution is 5.77. The van der Waals surface area contributed by atoms with Gasteiger partial charge in [0.05, 0.1) is 30.2 Å². The Morgan fingerprint density at radius 1 is 1.58 bits per heavy atom. The van der Waals surface area contributed by atoms with Gasteiger partial charge >= 0.3 is 5.97 Å². The van der Waals surface area contributed by atoms with Crippen LogP contribution in [0.2, 0.25) is 0 Å². The number of aromatic hydroxyl groups is 1. The van der Waals surface area contributed by atoms with Crippen LogP contribution in [0.25, 0.3) is 0 Å². The molecule has 19 heavy (non-hydrogen) atoms. The zero-order valence-electron chi connectivity index (χ0n) is 10.9. The smallest absolute Gasteiger partial charge is 0.313 e. The van der Waals surface area contributed by atoms with Gasteiger partial charge in [-0.25, -0.2) is 4.39 Å². The number of benzene rings is 1. The van der Waals surface area contributed by atoms with Gasteiger partial charge in [-0.3, -0.25) is 4.79 Å². The number of hydrogen-bond acceptors (Lipinski definition) is 5. The van der Waals surface area contributed by atoms with E-state index in [9.17, 15) is 14.3 Å². The fraction of sp³-hybridized carbons (Fsp3) is 0.385. The highest BCUT2D eigenvalue weighted by Crippen LogP contribution is 2.39. The molecule has 6 heteroatoms. The summed E-state index contributed by atoms with van der Waals surface area (Å²) in [6.07, 6.45) is 0. The topological polar surface area (TPSA) is 96.3 Å². The van der Waals surface area contributed by atoms with Crippen LogP contribution in [0.15, 0.2) is 12.1 Å². The monoisotopic (exact) mass is 266 g/mol. The molecule has 5 nitrogen and oxygen atoms in total. The number of rotatable bonds is 3. The SMILES string of the molecule is COC(=O)C(C)(C)[C@H](N)c1c(C#N)ccc(F)c1O. The molecule has 0 amide bonds. The summed E-state index contributed by atoms with van der Waals surface area (Å²) < 4.78 is 18.0. The molecule has 1 atom stereocenters. The van der Waals surface area contributed by atoms with Gasteiger partial charge < -0.3 is 15.6 Å². The minimum atomic E-state index is -1.22. The van der Waals surface area contributed by atoms with Crippen molar-refractivity contribution < 1.29 is 19.0 Å². The Morgan fingerprint density at radius 2 is 2.16 bits per heavy atom. The van der Waals surface area contributed by atoms with Crippen molar-refractivity contribution in [2.75, 3.05) is 7.11 Å². The van der Waals surface area contributed by atoms with Crippen LogP contribution in [0.4, 0.5) is 4.39 Å². The molecule has 0 saturated heterocycles. The average molecular weight is 266 g/mol. The highest BCUT2D eigenvalue weighted by Gasteiger charge is 2.39. The van der Waals surface area contributed by atoms with Gasteiger partial charge in [-0.05, 0) is 26.0 Å². The largest absolute Gasteiger partial charge is 0.505 e. The second kappa shape index (κ2) is 5.24. The summed E-state index contributed by atoms with van der Waals surface area (Å²) in [5.74, 6) is -2.24. The number of phenols is 1. The van der Waals surface area contributed by atoms with E-state index in [-0.39, 0.29) is 11.1 Å². The van der Waals surface area contributed by atoms with E-state index >= 15 is 0 Å². The van der Waals surface area contributed by atoms with E-state index in [0.29, 0.717) is 0 Å². The van der Waals surface area contributed by atoms with E-state index in [1.54, 1.807) is 0 Å². The molecule has 0 aliphatic carbocycles. The van der Waals surface area contributed by atoms with Crippen LogP contribution in [0.1, 0.15) is 31.0 Å². The summed E-state index contributed by atoms with van der Waals surface area (Å²) in [7, 11) is 1.20. The molecule has 102 valence electrons. The van der Waals surface area contributed by atoms with Crippen LogP contribution < -0.4 is 5.73 Å². The Hall–Kier alpha value is -2.13. The van der Waals surface area contributed by atoms with Gasteiger partial charge in [0.1, 0.15) is 0 Å². The number of nitriles is 1. The molecule has 0 radical (unpaired) electrons. The molecule has 1 aromatic carbocycles. The molecule has 0 heterocycles. The Morgan fingerprint density at radius 3 is 2.63 bits per heavy atom. The summed E-state index contributed by atoms with van der Waals surface area (Å²) in [6.45, 7) is 2.99. The number of ether oxygens (including phenoxy) is 1. The van der Waals surface area contributed by atoms with Gasteiger partial charge in [0, 0.05) is 5.56 Å². The number of halogens is 1. The molecule has 0 aliphatic heterocycles. The summed E-state index contributed by atoms with van der Waals surface area (Å²) in [5.41, 5.74) is 4.62. The quantitative estimate of drug-likeness (QED) is 0.810. The van der Waals surface area contributed by atoms with Gasteiger partial charge in [-0.1, -0.05) is 0 Å². The van der Waals surface area contributed by atoms with Crippen molar-refractivity contribution in [2.24, 2.45) is 11.1 Å². The molecular weight excluding hydrogens is 251 g/mol. The molecule has 1 aromatic rings. The van der Waals surface area contributed by atoms with Crippen LogP contribution in [0.3, 0.4) is 0 Å². The first kappa shape index (κ1) is 14.9. The molecule has 0 spiro atoms. The normalized spacial score (nSPS) is 12.6. The van der Waals surface area contributed by atoms with Crippen LogP contribution in [-0.2, 0) is 9.53 Å². The predicted molar refractivity (Wildman–Crippen MR) is 65.5 cm³/mol. The molecule has 0 aliphatic rings. The maximum atomic E-state index is 13.4. The number of carbonyl (C=O) groups excluding carboxylic acids is 1. The van der Waals surface area contributed by atoms with Gasteiger partial charge in [0.15, 0.2) is 11.6 Å². The Labute approximate surface area is 110 Å². The zero-order valence-corrected chi connectivity index (χ0v) is 10.9.